The molecule has 4 N–H and O–H groups in total. The van der Waals surface area contributed by atoms with E-state index < -0.39 is 23.8 Å². The largest absolute Gasteiger partial charge is 0.419 e. The van der Waals surface area contributed by atoms with Crippen molar-refractivity contribution in [1.82, 2.24) is 9.88 Å². The summed E-state index contributed by atoms with van der Waals surface area (Å²) in [5, 5.41) is 21.1. The molecule has 8 heteroatoms. The standard InChI is InChI=1S/C20H20N4O4/c1-24-16-9-14(6-7-18(16)28-20(24)27)13-4-2-12(3-5-13)8-15(10-21)23-19(26)17(25)11-22/h2-7,9,15,17,25H,8,11,22H2,1H3,(H,23,26)/t15-,17-/m0/s1. The maximum atomic E-state index is 11.7. The molecule has 0 bridgehead atoms. The number of nitrogens with one attached hydrogen (secondary N) is 1. The van der Waals surface area contributed by atoms with Crippen molar-refractivity contribution in [2.24, 2.45) is 12.8 Å². The molecule has 0 unspecified atom stereocenters. The Morgan fingerprint density at radius 2 is 1.96 bits per heavy atom. The zero-order chi connectivity index (χ0) is 20.3. The van der Waals surface area contributed by atoms with Gasteiger partial charge in [-0.1, -0.05) is 30.3 Å². The minimum atomic E-state index is -1.33. The number of hydrogen-bond donors (Lipinski definition) is 3. The highest BCUT2D eigenvalue weighted by Gasteiger charge is 2.18. The van der Waals surface area contributed by atoms with Crippen molar-refractivity contribution in [1.29, 1.82) is 5.26 Å². The molecule has 144 valence electrons. The van der Waals surface area contributed by atoms with E-state index in [4.69, 9.17) is 10.2 Å². The second-order valence-electron chi connectivity index (χ2n) is 6.45. The molecule has 0 radical (unpaired) electrons. The first-order valence-corrected chi connectivity index (χ1v) is 8.70. The van der Waals surface area contributed by atoms with Crippen LogP contribution >= 0.6 is 0 Å². The topological polar surface area (TPSA) is 134 Å². The molecule has 0 aliphatic carbocycles. The molecule has 0 spiro atoms. The van der Waals surface area contributed by atoms with Crippen LogP contribution in [0, 0.1) is 11.3 Å². The quantitative estimate of drug-likeness (QED) is 0.575. The lowest BCUT2D eigenvalue weighted by Gasteiger charge is -2.14. The Bertz CT molecular complexity index is 1090. The maximum absolute atomic E-state index is 11.7. The lowest BCUT2D eigenvalue weighted by atomic mass is 10.0. The molecule has 0 saturated heterocycles. The summed E-state index contributed by atoms with van der Waals surface area (Å²) in [5.41, 5.74) is 9.19. The number of aryl methyl sites for hydroxylation is 1. The van der Waals surface area contributed by atoms with E-state index in [1.54, 1.807) is 13.1 Å². The summed E-state index contributed by atoms with van der Waals surface area (Å²) in [5.74, 6) is -1.07. The minimum Gasteiger partial charge on any atom is -0.408 e. The molecule has 0 aliphatic heterocycles. The smallest absolute Gasteiger partial charge is 0.408 e. The van der Waals surface area contributed by atoms with Gasteiger partial charge < -0.3 is 20.6 Å². The van der Waals surface area contributed by atoms with Crippen molar-refractivity contribution in [3.63, 3.8) is 0 Å². The molecule has 8 nitrogen and oxygen atoms in total. The van der Waals surface area contributed by atoms with Gasteiger partial charge >= 0.3 is 5.76 Å². The number of amides is 1. The molecular formula is C20H20N4O4. The average Bonchev–Trinajstić information content (AvgIpc) is 3.00. The zero-order valence-corrected chi connectivity index (χ0v) is 15.3. The summed E-state index contributed by atoms with van der Waals surface area (Å²) < 4.78 is 6.59. The van der Waals surface area contributed by atoms with Gasteiger partial charge in [0.1, 0.15) is 12.1 Å². The molecule has 0 fully saturated rings. The lowest BCUT2D eigenvalue weighted by Crippen LogP contribution is -2.44. The van der Waals surface area contributed by atoms with E-state index in [2.05, 4.69) is 5.32 Å². The van der Waals surface area contributed by atoms with Crippen molar-refractivity contribution in [2.45, 2.75) is 18.6 Å². The first-order valence-electron chi connectivity index (χ1n) is 8.70. The fraction of sp³-hybridized carbons (Fsp3) is 0.250. The highest BCUT2D eigenvalue weighted by Crippen LogP contribution is 2.24. The lowest BCUT2D eigenvalue weighted by molar-refractivity contribution is -0.129. The van der Waals surface area contributed by atoms with Gasteiger partial charge in [0.2, 0.25) is 0 Å². The van der Waals surface area contributed by atoms with Gasteiger partial charge in [-0.2, -0.15) is 5.26 Å². The van der Waals surface area contributed by atoms with Crippen LogP contribution in [0.15, 0.2) is 51.7 Å². The van der Waals surface area contributed by atoms with Gasteiger partial charge in [-0.25, -0.2) is 4.79 Å². The first-order chi connectivity index (χ1) is 13.4. The molecule has 2 aromatic carbocycles. The molecule has 1 heterocycles. The Hall–Kier alpha value is -3.41. The predicted molar refractivity (Wildman–Crippen MR) is 103 cm³/mol. The van der Waals surface area contributed by atoms with Crippen molar-refractivity contribution in [3.8, 4) is 17.2 Å². The Morgan fingerprint density at radius 1 is 1.29 bits per heavy atom. The monoisotopic (exact) mass is 380 g/mol. The third-order valence-corrected chi connectivity index (χ3v) is 4.52. The molecule has 0 aliphatic rings. The number of aliphatic hydroxyl groups excluding tert-OH is 1. The van der Waals surface area contributed by atoms with Crippen LogP contribution in [0.3, 0.4) is 0 Å². The fourth-order valence-corrected chi connectivity index (χ4v) is 2.88. The van der Waals surface area contributed by atoms with Gasteiger partial charge in [0.05, 0.1) is 11.6 Å². The summed E-state index contributed by atoms with van der Waals surface area (Å²) in [6.45, 7) is -0.203. The molecule has 28 heavy (non-hydrogen) atoms. The summed E-state index contributed by atoms with van der Waals surface area (Å²) in [6, 6.07) is 14.3. The number of nitrogens with two attached hydrogens (primary N) is 1. The first kappa shape index (κ1) is 19.4. The van der Waals surface area contributed by atoms with E-state index in [1.165, 1.54) is 4.57 Å². The van der Waals surface area contributed by atoms with Gasteiger partial charge in [0.25, 0.3) is 5.91 Å². The molecule has 0 saturated carbocycles. The molecular weight excluding hydrogens is 360 g/mol. The van der Waals surface area contributed by atoms with Crippen LogP contribution in [0.4, 0.5) is 0 Å². The number of nitriles is 1. The highest BCUT2D eigenvalue weighted by atomic mass is 16.4. The van der Waals surface area contributed by atoms with Crippen LogP contribution in [0.1, 0.15) is 5.56 Å². The Balaban J connectivity index is 1.76. The second-order valence-corrected chi connectivity index (χ2v) is 6.45. The number of carbonyl (C=O) groups is 1. The van der Waals surface area contributed by atoms with E-state index in [9.17, 15) is 20.0 Å². The molecule has 1 aromatic heterocycles. The van der Waals surface area contributed by atoms with Crippen molar-refractivity contribution in [3.05, 3.63) is 58.6 Å². The molecule has 2 atom stereocenters. The van der Waals surface area contributed by atoms with Crippen molar-refractivity contribution < 1.29 is 14.3 Å². The second kappa shape index (κ2) is 8.08. The van der Waals surface area contributed by atoms with E-state index in [0.717, 1.165) is 16.7 Å². The van der Waals surface area contributed by atoms with E-state index in [0.29, 0.717) is 17.5 Å². The van der Waals surface area contributed by atoms with Crippen LogP contribution < -0.4 is 16.8 Å². The fourth-order valence-electron chi connectivity index (χ4n) is 2.88. The molecule has 3 aromatic rings. The molecule has 1 amide bonds. The normalized spacial score (nSPS) is 13.1. The number of nitrogens with zero attached hydrogens (tertiary/aromatic N) is 2. The average molecular weight is 380 g/mol. The van der Waals surface area contributed by atoms with Crippen LogP contribution in [0.2, 0.25) is 0 Å². The number of rotatable bonds is 6. The Kier molecular flexibility index (Phi) is 5.59. The van der Waals surface area contributed by atoms with Gasteiger partial charge in [0.15, 0.2) is 5.58 Å². The highest BCUT2D eigenvalue weighted by molar-refractivity contribution is 5.81. The third kappa shape index (κ3) is 3.96. The Morgan fingerprint density at radius 3 is 2.61 bits per heavy atom. The summed E-state index contributed by atoms with van der Waals surface area (Å²) in [6.07, 6.45) is -1.03. The van der Waals surface area contributed by atoms with Crippen LogP contribution in [0.5, 0.6) is 0 Å². The van der Waals surface area contributed by atoms with Gasteiger partial charge in [-0.05, 0) is 28.8 Å². The van der Waals surface area contributed by atoms with Gasteiger partial charge in [-0.15, -0.1) is 0 Å². The number of fused-ring (bicyclic) bond motifs is 1. The number of aliphatic hydroxyl groups is 1. The SMILES string of the molecule is Cn1c(=O)oc2ccc(-c3ccc(C[C@@H](C#N)NC(=O)[C@@H](O)CN)cc3)cc21. The van der Waals surface area contributed by atoms with Crippen molar-refractivity contribution in [2.75, 3.05) is 6.54 Å². The van der Waals surface area contributed by atoms with Gasteiger partial charge in [-0.3, -0.25) is 9.36 Å². The van der Waals surface area contributed by atoms with E-state index in [-0.39, 0.29) is 6.54 Å². The maximum Gasteiger partial charge on any atom is 0.419 e. The number of oxazole rings is 1. The van der Waals surface area contributed by atoms with E-state index >= 15 is 0 Å². The van der Waals surface area contributed by atoms with Crippen LogP contribution in [-0.4, -0.2) is 34.3 Å². The number of carbonyl (C=O) groups excluding carboxylic acids is 1. The van der Waals surface area contributed by atoms with Gasteiger partial charge in [0, 0.05) is 20.0 Å². The number of hydrogen-bond acceptors (Lipinski definition) is 6. The van der Waals surface area contributed by atoms with Crippen molar-refractivity contribution >= 4 is 17.0 Å². The summed E-state index contributed by atoms with van der Waals surface area (Å²) in [4.78, 5) is 23.3. The summed E-state index contributed by atoms with van der Waals surface area (Å²) >= 11 is 0. The number of aromatic nitrogens is 1. The zero-order valence-electron chi connectivity index (χ0n) is 15.3. The minimum absolute atomic E-state index is 0.203. The predicted octanol–water partition coefficient (Wildman–Crippen LogP) is 0.669. The van der Waals surface area contributed by atoms with Crippen LogP contribution in [-0.2, 0) is 18.3 Å². The third-order valence-electron chi connectivity index (χ3n) is 4.52. The molecule has 3 rings (SSSR count). The Labute approximate surface area is 160 Å². The van der Waals surface area contributed by atoms with E-state index in [1.807, 2.05) is 42.5 Å². The summed E-state index contributed by atoms with van der Waals surface area (Å²) in [7, 11) is 1.65. The van der Waals surface area contributed by atoms with Crippen LogP contribution in [0.25, 0.3) is 22.2 Å². The number of benzene rings is 2.